The van der Waals surface area contributed by atoms with Crippen molar-refractivity contribution in [3.05, 3.63) is 47.9 Å². The number of amides is 2. The molecule has 0 radical (unpaired) electrons. The van der Waals surface area contributed by atoms with E-state index in [0.29, 0.717) is 23.4 Å². The van der Waals surface area contributed by atoms with Gasteiger partial charge in [-0.1, -0.05) is 25.0 Å². The Labute approximate surface area is 163 Å². The number of methoxy groups -OCH3 is 1. The molecule has 28 heavy (non-hydrogen) atoms. The summed E-state index contributed by atoms with van der Waals surface area (Å²) in [5.41, 5.74) is 0.736. The monoisotopic (exact) mass is 387 g/mol. The van der Waals surface area contributed by atoms with Crippen LogP contribution in [-0.2, 0) is 9.53 Å². The highest BCUT2D eigenvalue weighted by Crippen LogP contribution is 2.29. The summed E-state index contributed by atoms with van der Waals surface area (Å²) in [6.07, 6.45) is 9.10. The predicted molar refractivity (Wildman–Crippen MR) is 105 cm³/mol. The molecule has 7 heteroatoms. The molecule has 150 valence electrons. The van der Waals surface area contributed by atoms with Crippen LogP contribution in [0.25, 0.3) is 10.9 Å². The van der Waals surface area contributed by atoms with Gasteiger partial charge in [-0.15, -0.1) is 0 Å². The fraction of sp³-hybridized carbons (Fsp3) is 0.429. The fourth-order valence-corrected chi connectivity index (χ4v) is 3.78. The van der Waals surface area contributed by atoms with Crippen molar-refractivity contribution in [2.24, 2.45) is 5.92 Å². The van der Waals surface area contributed by atoms with Gasteiger partial charge in [-0.2, -0.15) is 0 Å². The predicted octanol–water partition coefficient (Wildman–Crippen LogP) is 2.91. The Hall–Kier alpha value is -2.67. The molecule has 1 saturated carbocycles. The van der Waals surface area contributed by atoms with Crippen molar-refractivity contribution in [2.75, 3.05) is 20.2 Å². The number of fused-ring (bicyclic) bond motifs is 1. The second-order valence-electron chi connectivity index (χ2n) is 6.99. The summed E-state index contributed by atoms with van der Waals surface area (Å²) in [5.74, 6) is -0.848. The van der Waals surface area contributed by atoms with E-state index in [1.165, 1.54) is 6.07 Å². The number of halogens is 1. The summed E-state index contributed by atoms with van der Waals surface area (Å²) in [6.45, 7) is 0.592. The van der Waals surface area contributed by atoms with Gasteiger partial charge in [0.15, 0.2) is 0 Å². The number of benzene rings is 1. The lowest BCUT2D eigenvalue weighted by atomic mass is 10.00. The maximum Gasteiger partial charge on any atom is 0.255 e. The first-order chi connectivity index (χ1) is 13.6. The van der Waals surface area contributed by atoms with Gasteiger partial charge in [-0.05, 0) is 37.0 Å². The average Bonchev–Trinajstić information content (AvgIpc) is 3.36. The first-order valence-electron chi connectivity index (χ1n) is 9.61. The molecule has 0 bridgehead atoms. The molecule has 6 nitrogen and oxygen atoms in total. The molecule has 1 aromatic carbocycles. The molecule has 3 rings (SSSR count). The Bertz CT molecular complexity index is 856. The Balaban J connectivity index is 1.45. The molecular formula is C21H26FN3O3. The second-order valence-corrected chi connectivity index (χ2v) is 6.99. The largest absolute Gasteiger partial charge is 0.371 e. The molecule has 0 saturated heterocycles. The van der Waals surface area contributed by atoms with Gasteiger partial charge in [0.05, 0.1) is 5.56 Å². The summed E-state index contributed by atoms with van der Waals surface area (Å²) < 4.78 is 19.4. The van der Waals surface area contributed by atoms with Gasteiger partial charge >= 0.3 is 0 Å². The van der Waals surface area contributed by atoms with Crippen molar-refractivity contribution in [3.63, 3.8) is 0 Å². The van der Waals surface area contributed by atoms with Crippen molar-refractivity contribution in [3.8, 4) is 0 Å². The molecule has 2 amide bonds. The van der Waals surface area contributed by atoms with Crippen LogP contribution < -0.4 is 10.6 Å². The van der Waals surface area contributed by atoms with Crippen molar-refractivity contribution in [1.29, 1.82) is 0 Å². The fourth-order valence-electron chi connectivity index (χ4n) is 3.78. The molecule has 1 aliphatic carbocycles. The van der Waals surface area contributed by atoms with Crippen LogP contribution in [0.4, 0.5) is 4.39 Å². The Morgan fingerprint density at radius 1 is 1.21 bits per heavy atom. The highest BCUT2D eigenvalue weighted by atomic mass is 19.1. The third-order valence-electron chi connectivity index (χ3n) is 5.19. The van der Waals surface area contributed by atoms with Gasteiger partial charge in [0.1, 0.15) is 11.9 Å². The first-order valence-corrected chi connectivity index (χ1v) is 9.61. The van der Waals surface area contributed by atoms with Crippen molar-refractivity contribution in [1.82, 2.24) is 15.6 Å². The number of carbonyl (C=O) groups is 2. The minimum absolute atomic E-state index is 0.0277. The first kappa shape index (κ1) is 20.1. The van der Waals surface area contributed by atoms with E-state index in [-0.39, 0.29) is 18.0 Å². The lowest BCUT2D eigenvalue weighted by Crippen LogP contribution is -2.40. The summed E-state index contributed by atoms with van der Waals surface area (Å²) in [7, 11) is 1.57. The quantitative estimate of drug-likeness (QED) is 0.609. The van der Waals surface area contributed by atoms with E-state index < -0.39 is 17.8 Å². The van der Waals surface area contributed by atoms with Crippen LogP contribution >= 0.6 is 0 Å². The van der Waals surface area contributed by atoms with Gasteiger partial charge in [0.25, 0.3) is 5.91 Å². The van der Waals surface area contributed by atoms with Gasteiger partial charge < -0.3 is 20.4 Å². The Morgan fingerprint density at radius 3 is 2.64 bits per heavy atom. The van der Waals surface area contributed by atoms with E-state index in [2.05, 4.69) is 15.6 Å². The number of hydrogen-bond donors (Lipinski definition) is 3. The zero-order valence-corrected chi connectivity index (χ0v) is 16.0. The van der Waals surface area contributed by atoms with E-state index in [4.69, 9.17) is 4.74 Å². The van der Waals surface area contributed by atoms with Crippen LogP contribution in [0.15, 0.2) is 36.5 Å². The van der Waals surface area contributed by atoms with E-state index in [1.54, 1.807) is 37.6 Å². The standard InChI is InChI=1S/C21H26FN3O3/c1-28-19(14-6-2-3-7-14)21(27)25-12-5-4-11-24-20(26)18-15-10-13-23-17(15)9-8-16(18)22/h4-5,8-10,13-14,19,23H,2-3,6-7,11-12H2,1H3,(H,24,26)(H,25,27)/b5-4-. The number of H-pyrrole nitrogens is 1. The topological polar surface area (TPSA) is 83.2 Å². The number of hydrogen-bond acceptors (Lipinski definition) is 3. The number of aromatic nitrogens is 1. The molecule has 0 spiro atoms. The highest BCUT2D eigenvalue weighted by Gasteiger charge is 2.30. The van der Waals surface area contributed by atoms with Crippen molar-refractivity contribution in [2.45, 2.75) is 31.8 Å². The van der Waals surface area contributed by atoms with Crippen LogP contribution in [0, 0.1) is 11.7 Å². The zero-order valence-electron chi connectivity index (χ0n) is 16.0. The molecule has 1 aliphatic rings. The maximum atomic E-state index is 14.1. The number of carbonyl (C=O) groups excluding carboxylic acids is 2. The zero-order chi connectivity index (χ0) is 19.9. The lowest BCUT2D eigenvalue weighted by Gasteiger charge is -2.20. The van der Waals surface area contributed by atoms with Crippen LogP contribution in [0.1, 0.15) is 36.0 Å². The second kappa shape index (κ2) is 9.50. The molecule has 2 aromatic rings. The highest BCUT2D eigenvalue weighted by molar-refractivity contribution is 6.06. The number of nitrogens with one attached hydrogen (secondary N) is 3. The van der Waals surface area contributed by atoms with E-state index >= 15 is 0 Å². The van der Waals surface area contributed by atoms with Crippen molar-refractivity contribution < 1.29 is 18.7 Å². The SMILES string of the molecule is COC(C(=O)NC/C=C\CNC(=O)c1c(F)ccc2[nH]ccc12)C1CCCC1. The van der Waals surface area contributed by atoms with Gasteiger partial charge in [-0.3, -0.25) is 9.59 Å². The van der Waals surface area contributed by atoms with E-state index in [1.807, 2.05) is 0 Å². The third kappa shape index (κ3) is 4.59. The molecule has 0 aliphatic heterocycles. The number of rotatable bonds is 8. The maximum absolute atomic E-state index is 14.1. The number of ether oxygens (including phenoxy) is 1. The summed E-state index contributed by atoms with van der Waals surface area (Å²) in [6, 6.07) is 4.55. The van der Waals surface area contributed by atoms with Gasteiger partial charge in [0.2, 0.25) is 5.91 Å². The Kier molecular flexibility index (Phi) is 6.81. The average molecular weight is 387 g/mol. The van der Waals surface area contributed by atoms with E-state index in [0.717, 1.165) is 25.7 Å². The normalized spacial score (nSPS) is 15.9. The van der Waals surface area contributed by atoms with Crippen LogP contribution in [0.5, 0.6) is 0 Å². The molecule has 1 heterocycles. The van der Waals surface area contributed by atoms with Crippen LogP contribution in [0.3, 0.4) is 0 Å². The summed E-state index contributed by atoms with van der Waals surface area (Å²) in [4.78, 5) is 27.5. The van der Waals surface area contributed by atoms with Crippen LogP contribution in [-0.4, -0.2) is 43.1 Å². The van der Waals surface area contributed by atoms with Crippen molar-refractivity contribution >= 4 is 22.7 Å². The molecule has 1 unspecified atom stereocenters. The van der Waals surface area contributed by atoms with Gasteiger partial charge in [0, 0.05) is 37.3 Å². The molecule has 1 atom stereocenters. The number of aromatic amines is 1. The molecule has 1 fully saturated rings. The minimum Gasteiger partial charge on any atom is -0.371 e. The molecule has 1 aromatic heterocycles. The summed E-state index contributed by atoms with van der Waals surface area (Å²) >= 11 is 0. The Morgan fingerprint density at radius 2 is 1.93 bits per heavy atom. The third-order valence-corrected chi connectivity index (χ3v) is 5.19. The van der Waals surface area contributed by atoms with E-state index in [9.17, 15) is 14.0 Å². The molecule has 3 N–H and O–H groups in total. The minimum atomic E-state index is -0.557. The van der Waals surface area contributed by atoms with Crippen LogP contribution in [0.2, 0.25) is 0 Å². The van der Waals surface area contributed by atoms with Gasteiger partial charge in [-0.25, -0.2) is 4.39 Å². The molecular weight excluding hydrogens is 361 g/mol. The smallest absolute Gasteiger partial charge is 0.255 e. The summed E-state index contributed by atoms with van der Waals surface area (Å²) in [5, 5.41) is 6.05. The lowest BCUT2D eigenvalue weighted by molar-refractivity contribution is -0.133.